The predicted molar refractivity (Wildman–Crippen MR) is 51.5 cm³/mol. The number of nitrogens with zero attached hydrogens (tertiary/aromatic N) is 2. The Hall–Kier alpha value is -1.91. The second-order valence-corrected chi connectivity index (χ2v) is 3.20. The van der Waals surface area contributed by atoms with Crippen LogP contribution in [0.1, 0.15) is 0 Å². The first-order chi connectivity index (χ1) is 6.54. The van der Waals surface area contributed by atoms with E-state index in [2.05, 4.69) is 0 Å². The summed E-state index contributed by atoms with van der Waals surface area (Å²) < 4.78 is 2.71. The molecule has 0 radical (unpaired) electrons. The fourth-order valence-corrected chi connectivity index (χ4v) is 1.58. The van der Waals surface area contributed by atoms with Crippen molar-refractivity contribution in [2.75, 3.05) is 0 Å². The zero-order chi connectivity index (χ0) is 10.5. The summed E-state index contributed by atoms with van der Waals surface area (Å²) in [7, 11) is 3.16. The molecule has 14 heavy (non-hydrogen) atoms. The molecule has 5 nitrogen and oxygen atoms in total. The molecule has 74 valence electrons. The number of phenols is 2. The van der Waals surface area contributed by atoms with Crippen LogP contribution in [0.4, 0.5) is 0 Å². The van der Waals surface area contributed by atoms with Crippen LogP contribution in [0.15, 0.2) is 16.9 Å². The van der Waals surface area contributed by atoms with Gasteiger partial charge in [0.1, 0.15) is 5.52 Å². The van der Waals surface area contributed by atoms with Crippen LogP contribution in [0.25, 0.3) is 11.0 Å². The van der Waals surface area contributed by atoms with Gasteiger partial charge in [-0.25, -0.2) is 4.79 Å². The third kappa shape index (κ3) is 0.863. The summed E-state index contributed by atoms with van der Waals surface area (Å²) in [5, 5.41) is 18.8. The van der Waals surface area contributed by atoms with E-state index in [4.69, 9.17) is 0 Å². The minimum absolute atomic E-state index is 0.223. The van der Waals surface area contributed by atoms with Crippen molar-refractivity contribution in [1.29, 1.82) is 0 Å². The van der Waals surface area contributed by atoms with E-state index in [9.17, 15) is 15.0 Å². The van der Waals surface area contributed by atoms with Crippen molar-refractivity contribution in [2.24, 2.45) is 14.1 Å². The maximum atomic E-state index is 11.5. The number of phenolic OH excluding ortho intramolecular Hbond substituents is 2. The van der Waals surface area contributed by atoms with E-state index in [-0.39, 0.29) is 17.2 Å². The molecular formula is C9H10N2O3. The highest BCUT2D eigenvalue weighted by Crippen LogP contribution is 2.31. The number of hydrogen-bond donors (Lipinski definition) is 2. The molecule has 2 N–H and O–H groups in total. The molecule has 0 saturated heterocycles. The maximum Gasteiger partial charge on any atom is 0.328 e. The number of hydrogen-bond acceptors (Lipinski definition) is 3. The fourth-order valence-electron chi connectivity index (χ4n) is 1.58. The Morgan fingerprint density at radius 2 is 1.79 bits per heavy atom. The number of fused-ring (bicyclic) bond motifs is 1. The SMILES string of the molecule is Cn1c(=O)n(C)c2c(O)c(O)ccc21. The standard InChI is InChI=1S/C9H10N2O3/c1-10-5-3-4-6(12)8(13)7(5)11(2)9(10)14/h3-4,12-13H,1-2H3. The van der Waals surface area contributed by atoms with Crippen molar-refractivity contribution in [3.63, 3.8) is 0 Å². The number of aromatic hydroxyl groups is 2. The third-order valence-electron chi connectivity index (χ3n) is 2.38. The topological polar surface area (TPSA) is 67.4 Å². The predicted octanol–water partition coefficient (Wildman–Crippen LogP) is 0.288. The Morgan fingerprint density at radius 1 is 1.14 bits per heavy atom. The van der Waals surface area contributed by atoms with Gasteiger partial charge in [0.05, 0.1) is 5.52 Å². The van der Waals surface area contributed by atoms with Crippen molar-refractivity contribution < 1.29 is 10.2 Å². The molecule has 0 amide bonds. The van der Waals surface area contributed by atoms with E-state index < -0.39 is 0 Å². The van der Waals surface area contributed by atoms with Crippen LogP contribution < -0.4 is 5.69 Å². The number of imidazole rings is 1. The molecule has 0 spiro atoms. The minimum atomic E-state index is -0.261. The lowest BCUT2D eigenvalue weighted by Crippen LogP contribution is -2.19. The Bertz CT molecular complexity index is 565. The van der Waals surface area contributed by atoms with E-state index in [1.54, 1.807) is 20.2 Å². The van der Waals surface area contributed by atoms with E-state index in [0.717, 1.165) is 0 Å². The average molecular weight is 194 g/mol. The van der Waals surface area contributed by atoms with Gasteiger partial charge in [0.2, 0.25) is 0 Å². The molecule has 5 heteroatoms. The summed E-state index contributed by atoms with van der Waals surface area (Å²) in [6, 6.07) is 2.95. The minimum Gasteiger partial charge on any atom is -0.504 e. The molecule has 0 atom stereocenters. The van der Waals surface area contributed by atoms with E-state index in [1.807, 2.05) is 0 Å². The molecule has 1 aromatic carbocycles. The third-order valence-corrected chi connectivity index (χ3v) is 2.38. The van der Waals surface area contributed by atoms with Crippen LogP contribution >= 0.6 is 0 Å². The molecule has 0 aliphatic rings. The quantitative estimate of drug-likeness (QED) is 0.592. The lowest BCUT2D eigenvalue weighted by molar-refractivity contribution is 0.406. The van der Waals surface area contributed by atoms with Gasteiger partial charge in [-0.3, -0.25) is 9.13 Å². The van der Waals surface area contributed by atoms with Crippen molar-refractivity contribution >= 4 is 11.0 Å². The van der Waals surface area contributed by atoms with Crippen LogP contribution in [0.5, 0.6) is 11.5 Å². The van der Waals surface area contributed by atoms with Crippen molar-refractivity contribution in [1.82, 2.24) is 9.13 Å². The average Bonchev–Trinajstić information content (AvgIpc) is 2.38. The highest BCUT2D eigenvalue weighted by atomic mass is 16.3. The zero-order valence-corrected chi connectivity index (χ0v) is 7.85. The highest BCUT2D eigenvalue weighted by molar-refractivity contribution is 5.84. The van der Waals surface area contributed by atoms with Gasteiger partial charge >= 0.3 is 5.69 Å². The van der Waals surface area contributed by atoms with Crippen molar-refractivity contribution in [3.05, 3.63) is 22.6 Å². The Kier molecular flexibility index (Phi) is 1.57. The van der Waals surface area contributed by atoms with Gasteiger partial charge in [-0.15, -0.1) is 0 Å². The summed E-state index contributed by atoms with van der Waals surface area (Å²) in [6.45, 7) is 0. The Labute approximate surface area is 79.4 Å². The van der Waals surface area contributed by atoms with Crippen LogP contribution in [0, 0.1) is 0 Å². The number of aromatic nitrogens is 2. The lowest BCUT2D eigenvalue weighted by Gasteiger charge is -2.00. The molecule has 0 saturated carbocycles. The van der Waals surface area contributed by atoms with Crippen LogP contribution in [0.3, 0.4) is 0 Å². The molecule has 0 fully saturated rings. The molecule has 2 aromatic rings. The molecule has 0 aliphatic heterocycles. The summed E-state index contributed by atoms with van der Waals surface area (Å²) >= 11 is 0. The second-order valence-electron chi connectivity index (χ2n) is 3.20. The van der Waals surface area contributed by atoms with Crippen molar-refractivity contribution in [2.45, 2.75) is 0 Å². The number of benzene rings is 1. The highest BCUT2D eigenvalue weighted by Gasteiger charge is 2.13. The van der Waals surface area contributed by atoms with Gasteiger partial charge in [0.25, 0.3) is 0 Å². The van der Waals surface area contributed by atoms with Gasteiger partial charge in [0, 0.05) is 14.1 Å². The fraction of sp³-hybridized carbons (Fsp3) is 0.222. The first-order valence-corrected chi connectivity index (χ1v) is 4.10. The Balaban J connectivity index is 3.11. The smallest absolute Gasteiger partial charge is 0.328 e. The van der Waals surface area contributed by atoms with Gasteiger partial charge < -0.3 is 10.2 Å². The first-order valence-electron chi connectivity index (χ1n) is 4.10. The molecule has 0 aliphatic carbocycles. The van der Waals surface area contributed by atoms with Gasteiger partial charge in [-0.2, -0.15) is 0 Å². The summed E-state index contributed by atoms with van der Waals surface area (Å²) in [5.74, 6) is -0.485. The van der Waals surface area contributed by atoms with Gasteiger partial charge in [-0.1, -0.05) is 0 Å². The number of rotatable bonds is 0. The molecule has 1 heterocycles. The van der Waals surface area contributed by atoms with Gasteiger partial charge in [-0.05, 0) is 12.1 Å². The van der Waals surface area contributed by atoms with E-state index >= 15 is 0 Å². The molecule has 2 rings (SSSR count). The van der Waals surface area contributed by atoms with Crippen LogP contribution in [0.2, 0.25) is 0 Å². The molecule has 1 aromatic heterocycles. The van der Waals surface area contributed by atoms with E-state index in [0.29, 0.717) is 11.0 Å². The largest absolute Gasteiger partial charge is 0.504 e. The summed E-state index contributed by atoms with van der Waals surface area (Å²) in [4.78, 5) is 11.5. The summed E-state index contributed by atoms with van der Waals surface area (Å²) in [6.07, 6.45) is 0. The summed E-state index contributed by atoms with van der Waals surface area (Å²) in [5.41, 5.74) is 0.700. The maximum absolute atomic E-state index is 11.5. The molecule has 0 bridgehead atoms. The number of aryl methyl sites for hydroxylation is 2. The second kappa shape index (κ2) is 2.54. The lowest BCUT2D eigenvalue weighted by atomic mass is 10.2. The molecule has 0 unspecified atom stereocenters. The Morgan fingerprint density at radius 3 is 2.43 bits per heavy atom. The molecular weight excluding hydrogens is 184 g/mol. The van der Waals surface area contributed by atoms with Gasteiger partial charge in [0.15, 0.2) is 11.5 Å². The van der Waals surface area contributed by atoms with Crippen LogP contribution in [-0.4, -0.2) is 19.3 Å². The monoisotopic (exact) mass is 194 g/mol. The van der Waals surface area contributed by atoms with Crippen LogP contribution in [-0.2, 0) is 14.1 Å². The normalized spacial score (nSPS) is 11.0. The zero-order valence-electron chi connectivity index (χ0n) is 7.85. The van der Waals surface area contributed by atoms with Crippen molar-refractivity contribution in [3.8, 4) is 11.5 Å². The van der Waals surface area contributed by atoms with E-state index in [1.165, 1.54) is 15.2 Å². The first kappa shape index (κ1) is 8.68.